The first-order valence-electron chi connectivity index (χ1n) is 7.91. The van der Waals surface area contributed by atoms with Gasteiger partial charge in [-0.3, -0.25) is 9.69 Å². The maximum absolute atomic E-state index is 13.4. The predicted molar refractivity (Wildman–Crippen MR) is 97.1 cm³/mol. The molecule has 0 unspecified atom stereocenters. The summed E-state index contributed by atoms with van der Waals surface area (Å²) in [4.78, 5) is 20.7. The zero-order valence-electron chi connectivity index (χ0n) is 13.6. The highest BCUT2D eigenvalue weighted by Crippen LogP contribution is 2.32. The smallest absolute Gasteiger partial charge is 0.248 e. The predicted octanol–water partition coefficient (Wildman–Crippen LogP) is 3.30. The van der Waals surface area contributed by atoms with Gasteiger partial charge in [-0.15, -0.1) is 0 Å². The second-order valence-electron chi connectivity index (χ2n) is 5.80. The molecule has 5 nitrogen and oxygen atoms in total. The molecule has 0 aliphatic carbocycles. The number of amides is 1. The van der Waals surface area contributed by atoms with E-state index in [2.05, 4.69) is 4.98 Å². The number of hydrogen-bond donors (Lipinski definition) is 0. The summed E-state index contributed by atoms with van der Waals surface area (Å²) in [5, 5.41) is 0.666. The standard InChI is InChI=1S/C18H16FN3O2S/c1-21(18-20-13-4-2-3-5-16(13)25-18)17(23)11-22-8-9-24-15-10-12(19)6-7-14(15)22/h2-7,10H,8-9,11H2,1H3. The molecule has 128 valence electrons. The Balaban J connectivity index is 1.54. The number of ether oxygens (including phenoxy) is 1. The van der Waals surface area contributed by atoms with E-state index < -0.39 is 0 Å². The molecule has 0 bridgehead atoms. The normalized spacial score (nSPS) is 13.4. The topological polar surface area (TPSA) is 45.7 Å². The van der Waals surface area contributed by atoms with Crippen molar-refractivity contribution in [3.05, 3.63) is 48.3 Å². The van der Waals surface area contributed by atoms with E-state index in [4.69, 9.17) is 4.74 Å². The number of carbonyl (C=O) groups is 1. The number of hydrogen-bond acceptors (Lipinski definition) is 5. The van der Waals surface area contributed by atoms with E-state index in [1.807, 2.05) is 29.2 Å². The minimum Gasteiger partial charge on any atom is -0.489 e. The van der Waals surface area contributed by atoms with Crippen LogP contribution in [0.3, 0.4) is 0 Å². The molecule has 2 aromatic carbocycles. The molecule has 4 rings (SSSR count). The number of aromatic nitrogens is 1. The SMILES string of the molecule is CN(C(=O)CN1CCOc2cc(F)ccc21)c1nc2ccccc2s1. The van der Waals surface area contributed by atoms with Gasteiger partial charge in [-0.25, -0.2) is 9.37 Å². The van der Waals surface area contributed by atoms with E-state index in [0.717, 1.165) is 15.9 Å². The van der Waals surface area contributed by atoms with Crippen LogP contribution in [0.15, 0.2) is 42.5 Å². The number of halogens is 1. The van der Waals surface area contributed by atoms with Crippen LogP contribution in [0, 0.1) is 5.82 Å². The monoisotopic (exact) mass is 357 g/mol. The van der Waals surface area contributed by atoms with Crippen molar-refractivity contribution >= 4 is 38.3 Å². The van der Waals surface area contributed by atoms with E-state index in [9.17, 15) is 9.18 Å². The van der Waals surface area contributed by atoms with Crippen molar-refractivity contribution in [2.45, 2.75) is 0 Å². The summed E-state index contributed by atoms with van der Waals surface area (Å²) in [6.45, 7) is 1.20. The number of likely N-dealkylation sites (N-methyl/N-ethyl adjacent to an activating group) is 1. The lowest BCUT2D eigenvalue weighted by molar-refractivity contribution is -0.117. The van der Waals surface area contributed by atoms with E-state index in [-0.39, 0.29) is 18.3 Å². The van der Waals surface area contributed by atoms with Gasteiger partial charge in [0.2, 0.25) is 5.91 Å². The van der Waals surface area contributed by atoms with Gasteiger partial charge in [0.15, 0.2) is 5.13 Å². The third-order valence-corrected chi connectivity index (χ3v) is 5.26. The molecule has 1 aromatic heterocycles. The lowest BCUT2D eigenvalue weighted by Gasteiger charge is -2.31. The van der Waals surface area contributed by atoms with Gasteiger partial charge in [-0.1, -0.05) is 23.5 Å². The molecule has 1 amide bonds. The first-order valence-corrected chi connectivity index (χ1v) is 8.73. The number of anilines is 2. The van der Waals surface area contributed by atoms with E-state index in [0.29, 0.717) is 24.0 Å². The summed E-state index contributed by atoms with van der Waals surface area (Å²) in [5.41, 5.74) is 1.62. The summed E-state index contributed by atoms with van der Waals surface area (Å²) < 4.78 is 19.9. The minimum atomic E-state index is -0.349. The Kier molecular flexibility index (Phi) is 4.01. The van der Waals surface area contributed by atoms with Crippen LogP contribution in [0.5, 0.6) is 5.75 Å². The van der Waals surface area contributed by atoms with Crippen LogP contribution in [0.2, 0.25) is 0 Å². The lowest BCUT2D eigenvalue weighted by Crippen LogP contribution is -2.42. The largest absolute Gasteiger partial charge is 0.489 e. The van der Waals surface area contributed by atoms with Crippen LogP contribution < -0.4 is 14.5 Å². The summed E-state index contributed by atoms with van der Waals surface area (Å²) in [5.74, 6) is 0.0523. The fourth-order valence-corrected chi connectivity index (χ4v) is 3.74. The highest BCUT2D eigenvalue weighted by Gasteiger charge is 2.23. The average Bonchev–Trinajstić information content (AvgIpc) is 3.05. The number of nitrogens with zero attached hydrogens (tertiary/aromatic N) is 3. The Bertz CT molecular complexity index is 910. The fraction of sp³-hybridized carbons (Fsp3) is 0.222. The molecule has 0 fully saturated rings. The van der Waals surface area contributed by atoms with Crippen molar-refractivity contribution in [2.75, 3.05) is 36.5 Å². The van der Waals surface area contributed by atoms with Crippen molar-refractivity contribution < 1.29 is 13.9 Å². The Morgan fingerprint density at radius 3 is 3.04 bits per heavy atom. The molecule has 0 spiro atoms. The van der Waals surface area contributed by atoms with Crippen LogP contribution in [-0.2, 0) is 4.79 Å². The second-order valence-corrected chi connectivity index (χ2v) is 6.81. The summed E-state index contributed by atoms with van der Waals surface area (Å²) in [6, 6.07) is 12.2. The van der Waals surface area contributed by atoms with Gasteiger partial charge in [0.05, 0.1) is 29.0 Å². The second kappa shape index (κ2) is 6.33. The zero-order chi connectivity index (χ0) is 17.4. The van der Waals surface area contributed by atoms with Crippen molar-refractivity contribution in [3.8, 4) is 5.75 Å². The Morgan fingerprint density at radius 2 is 2.20 bits per heavy atom. The molecule has 0 saturated heterocycles. The number of carbonyl (C=O) groups excluding carboxylic acids is 1. The van der Waals surface area contributed by atoms with Crippen LogP contribution in [0.25, 0.3) is 10.2 Å². The number of thiazole rings is 1. The maximum Gasteiger partial charge on any atom is 0.248 e. The summed E-state index contributed by atoms with van der Waals surface area (Å²) in [6.07, 6.45) is 0. The molecule has 0 N–H and O–H groups in total. The van der Waals surface area contributed by atoms with Crippen molar-refractivity contribution in [1.82, 2.24) is 4.98 Å². The van der Waals surface area contributed by atoms with E-state index >= 15 is 0 Å². The molecule has 2 heterocycles. The van der Waals surface area contributed by atoms with Gasteiger partial charge < -0.3 is 9.64 Å². The minimum absolute atomic E-state index is 0.0729. The van der Waals surface area contributed by atoms with Crippen molar-refractivity contribution in [1.29, 1.82) is 0 Å². The van der Waals surface area contributed by atoms with Gasteiger partial charge in [-0.05, 0) is 24.3 Å². The Hall–Kier alpha value is -2.67. The molecular weight excluding hydrogens is 341 g/mol. The third kappa shape index (κ3) is 3.02. The molecule has 1 aliphatic rings. The summed E-state index contributed by atoms with van der Waals surface area (Å²) >= 11 is 1.48. The fourth-order valence-electron chi connectivity index (χ4n) is 2.79. The molecule has 0 radical (unpaired) electrons. The van der Waals surface area contributed by atoms with Gasteiger partial charge >= 0.3 is 0 Å². The van der Waals surface area contributed by atoms with Crippen LogP contribution in [0.4, 0.5) is 15.2 Å². The summed E-state index contributed by atoms with van der Waals surface area (Å²) in [7, 11) is 1.73. The molecule has 3 aromatic rings. The van der Waals surface area contributed by atoms with Crippen molar-refractivity contribution in [2.24, 2.45) is 0 Å². The van der Waals surface area contributed by atoms with E-state index in [1.54, 1.807) is 18.0 Å². The molecule has 0 atom stereocenters. The maximum atomic E-state index is 13.4. The molecule has 1 aliphatic heterocycles. The third-order valence-electron chi connectivity index (χ3n) is 4.15. The quantitative estimate of drug-likeness (QED) is 0.722. The van der Waals surface area contributed by atoms with Crippen molar-refractivity contribution in [3.63, 3.8) is 0 Å². The van der Waals surface area contributed by atoms with Gasteiger partial charge in [0.1, 0.15) is 18.2 Å². The van der Waals surface area contributed by atoms with Crippen LogP contribution in [-0.4, -0.2) is 37.6 Å². The van der Waals surface area contributed by atoms with Crippen LogP contribution in [0.1, 0.15) is 0 Å². The molecular formula is C18H16FN3O2S. The van der Waals surface area contributed by atoms with Gasteiger partial charge in [-0.2, -0.15) is 0 Å². The highest BCUT2D eigenvalue weighted by molar-refractivity contribution is 7.22. The molecule has 25 heavy (non-hydrogen) atoms. The Morgan fingerprint density at radius 1 is 1.36 bits per heavy atom. The highest BCUT2D eigenvalue weighted by atomic mass is 32.1. The number of para-hydroxylation sites is 1. The van der Waals surface area contributed by atoms with Gasteiger partial charge in [0, 0.05) is 13.1 Å². The molecule has 7 heteroatoms. The van der Waals surface area contributed by atoms with E-state index in [1.165, 1.54) is 23.5 Å². The number of fused-ring (bicyclic) bond motifs is 2. The number of rotatable bonds is 3. The first kappa shape index (κ1) is 15.8. The first-order chi connectivity index (χ1) is 12.1. The van der Waals surface area contributed by atoms with Gasteiger partial charge in [0.25, 0.3) is 0 Å². The van der Waals surface area contributed by atoms with Crippen LogP contribution >= 0.6 is 11.3 Å². The lowest BCUT2D eigenvalue weighted by atomic mass is 10.2. The molecule has 0 saturated carbocycles. The number of benzene rings is 2. The zero-order valence-corrected chi connectivity index (χ0v) is 14.4. The average molecular weight is 357 g/mol. The Labute approximate surface area is 148 Å².